The molecule has 1 aromatic heterocycles. The molecule has 0 fully saturated rings. The second-order valence-electron chi connectivity index (χ2n) is 8.11. The molecule has 0 aliphatic carbocycles. The molecule has 0 radical (unpaired) electrons. The first kappa shape index (κ1) is 26.2. The second kappa shape index (κ2) is 11.0. The SMILES string of the molecule is COc1ccc(Nc2cc(C)nc(Nc3ccc(NS(=O)(=O)c4ccc(OC)c(C(N)=O)c4)cc3)n2)cc1. The number of benzene rings is 3. The van der Waals surface area contributed by atoms with Crippen LogP contribution in [0.4, 0.5) is 28.8 Å². The Morgan fingerprint density at radius 1 is 0.816 bits per heavy atom. The van der Waals surface area contributed by atoms with E-state index in [1.54, 1.807) is 31.4 Å². The maximum atomic E-state index is 12.9. The van der Waals surface area contributed by atoms with Crippen molar-refractivity contribution >= 4 is 44.8 Å². The van der Waals surface area contributed by atoms with E-state index in [2.05, 4.69) is 25.3 Å². The fourth-order valence-corrected chi connectivity index (χ4v) is 4.61. The minimum Gasteiger partial charge on any atom is -0.497 e. The van der Waals surface area contributed by atoms with Crippen molar-refractivity contribution in [3.05, 3.63) is 84.1 Å². The van der Waals surface area contributed by atoms with Crippen LogP contribution < -0.4 is 30.6 Å². The molecule has 1 heterocycles. The van der Waals surface area contributed by atoms with Gasteiger partial charge in [-0.2, -0.15) is 4.98 Å². The molecule has 0 saturated carbocycles. The Labute approximate surface area is 220 Å². The number of sulfonamides is 1. The number of carbonyl (C=O) groups excluding carboxylic acids is 1. The summed E-state index contributed by atoms with van der Waals surface area (Å²) in [4.78, 5) is 20.5. The zero-order valence-electron chi connectivity index (χ0n) is 20.8. The van der Waals surface area contributed by atoms with Gasteiger partial charge >= 0.3 is 0 Å². The molecule has 1 amide bonds. The van der Waals surface area contributed by atoms with E-state index >= 15 is 0 Å². The molecule has 0 atom stereocenters. The van der Waals surface area contributed by atoms with Crippen molar-refractivity contribution in [2.75, 3.05) is 29.6 Å². The Hall–Kier alpha value is -4.84. The molecule has 0 bridgehead atoms. The predicted octanol–water partition coefficient (Wildman–Crippen LogP) is 4.19. The van der Waals surface area contributed by atoms with Crippen LogP contribution in [0, 0.1) is 6.92 Å². The summed E-state index contributed by atoms with van der Waals surface area (Å²) in [5.41, 5.74) is 7.86. The summed E-state index contributed by atoms with van der Waals surface area (Å²) in [6.07, 6.45) is 0. The van der Waals surface area contributed by atoms with Crippen molar-refractivity contribution in [2.24, 2.45) is 5.73 Å². The molecule has 11 nitrogen and oxygen atoms in total. The van der Waals surface area contributed by atoms with Crippen molar-refractivity contribution in [1.29, 1.82) is 0 Å². The lowest BCUT2D eigenvalue weighted by Gasteiger charge is -2.12. The standard InChI is InChI=1S/C26H26N6O5S/c1-16-14-24(29-17-8-10-20(36-2)11-9-17)31-26(28-16)30-18-4-6-19(7-5-18)32-38(34,35)21-12-13-23(37-3)22(15-21)25(27)33/h4-15,32H,1-3H3,(H2,27,33)(H2,28,29,30,31). The number of methoxy groups -OCH3 is 2. The normalized spacial score (nSPS) is 10.9. The van der Waals surface area contributed by atoms with Crippen LogP contribution in [0.15, 0.2) is 77.7 Å². The van der Waals surface area contributed by atoms with E-state index in [-0.39, 0.29) is 16.2 Å². The molecule has 4 rings (SSSR count). The Kier molecular flexibility index (Phi) is 7.63. The van der Waals surface area contributed by atoms with Crippen LogP contribution in [0.1, 0.15) is 16.1 Å². The highest BCUT2D eigenvalue weighted by Gasteiger charge is 2.19. The van der Waals surface area contributed by atoms with Crippen LogP contribution >= 0.6 is 0 Å². The van der Waals surface area contributed by atoms with Gasteiger partial charge in [-0.3, -0.25) is 9.52 Å². The number of nitrogens with two attached hydrogens (primary N) is 1. The maximum absolute atomic E-state index is 12.9. The zero-order chi connectivity index (χ0) is 27.3. The predicted molar refractivity (Wildman–Crippen MR) is 145 cm³/mol. The second-order valence-corrected chi connectivity index (χ2v) is 9.79. The molecular weight excluding hydrogens is 508 g/mol. The summed E-state index contributed by atoms with van der Waals surface area (Å²) in [6.45, 7) is 1.85. The molecule has 0 spiro atoms. The number of hydrogen-bond donors (Lipinski definition) is 4. The van der Waals surface area contributed by atoms with E-state index < -0.39 is 15.9 Å². The van der Waals surface area contributed by atoms with Gasteiger partial charge in [0.25, 0.3) is 15.9 Å². The van der Waals surface area contributed by atoms with Gasteiger partial charge in [-0.25, -0.2) is 13.4 Å². The molecule has 12 heteroatoms. The van der Waals surface area contributed by atoms with Crippen LogP contribution in [0.2, 0.25) is 0 Å². The summed E-state index contributed by atoms with van der Waals surface area (Å²) in [6, 6.07) is 19.7. The molecule has 5 N–H and O–H groups in total. The van der Waals surface area contributed by atoms with Gasteiger partial charge in [-0.05, 0) is 73.7 Å². The molecule has 4 aromatic rings. The van der Waals surface area contributed by atoms with Gasteiger partial charge in [-0.15, -0.1) is 0 Å². The Morgan fingerprint density at radius 2 is 1.45 bits per heavy atom. The number of amides is 1. The smallest absolute Gasteiger partial charge is 0.261 e. The first-order valence-corrected chi connectivity index (χ1v) is 12.8. The molecule has 196 valence electrons. The highest BCUT2D eigenvalue weighted by Crippen LogP contribution is 2.25. The van der Waals surface area contributed by atoms with Crippen molar-refractivity contribution in [1.82, 2.24) is 9.97 Å². The van der Waals surface area contributed by atoms with E-state index in [9.17, 15) is 13.2 Å². The molecule has 0 unspecified atom stereocenters. The summed E-state index contributed by atoms with van der Waals surface area (Å²) in [5.74, 6) is 1.11. The first-order chi connectivity index (χ1) is 18.2. The third-order valence-electron chi connectivity index (χ3n) is 5.36. The number of carbonyl (C=O) groups is 1. The van der Waals surface area contributed by atoms with Crippen LogP contribution in [-0.2, 0) is 10.0 Å². The minimum atomic E-state index is -3.99. The van der Waals surface area contributed by atoms with Gasteiger partial charge in [0.15, 0.2) is 0 Å². The zero-order valence-corrected chi connectivity index (χ0v) is 21.7. The van der Waals surface area contributed by atoms with Gasteiger partial charge < -0.3 is 25.8 Å². The van der Waals surface area contributed by atoms with Crippen molar-refractivity contribution in [3.63, 3.8) is 0 Å². The lowest BCUT2D eigenvalue weighted by atomic mass is 10.2. The fraction of sp³-hybridized carbons (Fsp3) is 0.115. The average Bonchev–Trinajstić information content (AvgIpc) is 2.89. The van der Waals surface area contributed by atoms with Crippen LogP contribution in [0.5, 0.6) is 11.5 Å². The molecule has 0 aliphatic rings. The van der Waals surface area contributed by atoms with Crippen LogP contribution in [-0.4, -0.2) is 38.5 Å². The lowest BCUT2D eigenvalue weighted by molar-refractivity contribution is 0.0997. The number of aromatic nitrogens is 2. The van der Waals surface area contributed by atoms with Crippen LogP contribution in [0.25, 0.3) is 0 Å². The molecule has 0 saturated heterocycles. The molecule has 38 heavy (non-hydrogen) atoms. The highest BCUT2D eigenvalue weighted by atomic mass is 32.2. The number of aryl methyl sites for hydroxylation is 1. The summed E-state index contributed by atoms with van der Waals surface area (Å²) in [5, 5.41) is 6.35. The van der Waals surface area contributed by atoms with E-state index in [0.717, 1.165) is 17.1 Å². The first-order valence-electron chi connectivity index (χ1n) is 11.3. The Morgan fingerprint density at radius 3 is 2.08 bits per heavy atom. The number of ether oxygens (including phenoxy) is 2. The number of nitrogens with one attached hydrogen (secondary N) is 3. The van der Waals surface area contributed by atoms with Gasteiger partial charge in [0, 0.05) is 28.8 Å². The summed E-state index contributed by atoms with van der Waals surface area (Å²) >= 11 is 0. The maximum Gasteiger partial charge on any atom is 0.261 e. The topological polar surface area (TPSA) is 158 Å². The largest absolute Gasteiger partial charge is 0.497 e. The van der Waals surface area contributed by atoms with Crippen molar-refractivity contribution < 1.29 is 22.7 Å². The number of nitrogens with zero attached hydrogens (tertiary/aromatic N) is 2. The quantitative estimate of drug-likeness (QED) is 0.234. The number of rotatable bonds is 10. The third-order valence-corrected chi connectivity index (χ3v) is 6.74. The third kappa shape index (κ3) is 6.28. The summed E-state index contributed by atoms with van der Waals surface area (Å²) in [7, 11) is -1.01. The van der Waals surface area contributed by atoms with Crippen molar-refractivity contribution in [2.45, 2.75) is 11.8 Å². The summed E-state index contributed by atoms with van der Waals surface area (Å²) < 4.78 is 38.4. The van der Waals surface area contributed by atoms with Gasteiger partial charge in [0.05, 0.1) is 24.7 Å². The molecule has 3 aromatic carbocycles. The fourth-order valence-electron chi connectivity index (χ4n) is 3.52. The monoisotopic (exact) mass is 534 g/mol. The molecule has 0 aliphatic heterocycles. The number of anilines is 5. The van der Waals surface area contributed by atoms with E-state index in [0.29, 0.717) is 23.1 Å². The number of primary amides is 1. The van der Waals surface area contributed by atoms with E-state index in [1.165, 1.54) is 25.3 Å². The Balaban J connectivity index is 1.47. The average molecular weight is 535 g/mol. The van der Waals surface area contributed by atoms with E-state index in [1.807, 2.05) is 37.3 Å². The van der Waals surface area contributed by atoms with Gasteiger partial charge in [0.2, 0.25) is 5.95 Å². The van der Waals surface area contributed by atoms with Crippen LogP contribution in [0.3, 0.4) is 0 Å². The van der Waals surface area contributed by atoms with E-state index in [4.69, 9.17) is 15.2 Å². The Bertz CT molecular complexity index is 1560. The van der Waals surface area contributed by atoms with Gasteiger partial charge in [0.1, 0.15) is 17.3 Å². The lowest BCUT2D eigenvalue weighted by Crippen LogP contribution is -2.16. The number of hydrogen-bond acceptors (Lipinski definition) is 9. The van der Waals surface area contributed by atoms with Crippen molar-refractivity contribution in [3.8, 4) is 11.5 Å². The highest BCUT2D eigenvalue weighted by molar-refractivity contribution is 7.92. The minimum absolute atomic E-state index is 0.0334. The van der Waals surface area contributed by atoms with Gasteiger partial charge in [-0.1, -0.05) is 0 Å². The molecular formula is C26H26N6O5S.